The van der Waals surface area contributed by atoms with E-state index in [-0.39, 0.29) is 12.5 Å². The molecule has 0 radical (unpaired) electrons. The minimum absolute atomic E-state index is 0.309. The number of aliphatic carboxylic acids is 1. The first-order chi connectivity index (χ1) is 7.47. The van der Waals surface area contributed by atoms with Crippen molar-refractivity contribution in [3.05, 3.63) is 17.5 Å². The Morgan fingerprint density at radius 1 is 1.56 bits per heavy atom. The number of hydrogen-bond acceptors (Lipinski definition) is 3. The minimum atomic E-state index is -1.03. The van der Waals surface area contributed by atoms with Crippen LogP contribution < -0.4 is 0 Å². The van der Waals surface area contributed by atoms with Crippen LogP contribution in [0.25, 0.3) is 0 Å². The Morgan fingerprint density at radius 3 is 2.69 bits per heavy atom. The number of amides is 1. The van der Waals surface area contributed by atoms with E-state index in [4.69, 9.17) is 5.11 Å². The van der Waals surface area contributed by atoms with Crippen molar-refractivity contribution in [2.24, 2.45) is 7.05 Å². The molecule has 0 spiro atoms. The van der Waals surface area contributed by atoms with Crippen LogP contribution in [0.15, 0.2) is 6.20 Å². The van der Waals surface area contributed by atoms with Crippen molar-refractivity contribution in [1.82, 2.24) is 14.7 Å². The number of nitrogens with zero attached hydrogens (tertiary/aromatic N) is 3. The van der Waals surface area contributed by atoms with E-state index in [1.165, 1.54) is 18.1 Å². The fourth-order valence-electron chi connectivity index (χ4n) is 1.54. The van der Waals surface area contributed by atoms with Crippen LogP contribution in [0.4, 0.5) is 0 Å². The number of carboxylic acid groups (broad SMARTS) is 1. The SMILES string of the molecule is CCc1c(C(=O)N(C)CC(=O)O)cnn1C. The summed E-state index contributed by atoms with van der Waals surface area (Å²) >= 11 is 0. The van der Waals surface area contributed by atoms with Gasteiger partial charge in [0, 0.05) is 14.1 Å². The Hall–Kier alpha value is -1.85. The van der Waals surface area contributed by atoms with Gasteiger partial charge in [-0.3, -0.25) is 14.3 Å². The highest BCUT2D eigenvalue weighted by atomic mass is 16.4. The molecule has 0 unspecified atom stereocenters. The van der Waals surface area contributed by atoms with E-state index in [1.54, 1.807) is 11.7 Å². The number of rotatable bonds is 4. The molecule has 1 aromatic rings. The molecule has 0 aliphatic carbocycles. The zero-order valence-corrected chi connectivity index (χ0v) is 9.60. The lowest BCUT2D eigenvalue weighted by Crippen LogP contribution is -2.32. The van der Waals surface area contributed by atoms with E-state index in [2.05, 4.69) is 5.10 Å². The zero-order chi connectivity index (χ0) is 12.3. The van der Waals surface area contributed by atoms with Crippen molar-refractivity contribution < 1.29 is 14.7 Å². The summed E-state index contributed by atoms with van der Waals surface area (Å²) in [6.45, 7) is 1.61. The third-order valence-electron chi connectivity index (χ3n) is 2.35. The van der Waals surface area contributed by atoms with Gasteiger partial charge >= 0.3 is 5.97 Å². The predicted molar refractivity (Wildman–Crippen MR) is 57.2 cm³/mol. The van der Waals surface area contributed by atoms with E-state index in [0.717, 1.165) is 5.69 Å². The molecule has 0 aromatic carbocycles. The van der Waals surface area contributed by atoms with Gasteiger partial charge in [0.05, 0.1) is 17.5 Å². The van der Waals surface area contributed by atoms with E-state index < -0.39 is 5.97 Å². The lowest BCUT2D eigenvalue weighted by atomic mass is 10.2. The van der Waals surface area contributed by atoms with Gasteiger partial charge in [-0.15, -0.1) is 0 Å². The third kappa shape index (κ3) is 2.39. The topological polar surface area (TPSA) is 75.4 Å². The van der Waals surface area contributed by atoms with Gasteiger partial charge in [0.2, 0.25) is 0 Å². The Morgan fingerprint density at radius 2 is 2.19 bits per heavy atom. The lowest BCUT2D eigenvalue weighted by molar-refractivity contribution is -0.137. The van der Waals surface area contributed by atoms with Crippen LogP contribution >= 0.6 is 0 Å². The van der Waals surface area contributed by atoms with Gasteiger partial charge in [0.15, 0.2) is 0 Å². The lowest BCUT2D eigenvalue weighted by Gasteiger charge is -2.14. The van der Waals surface area contributed by atoms with Crippen molar-refractivity contribution >= 4 is 11.9 Å². The molecule has 0 aliphatic rings. The van der Waals surface area contributed by atoms with Gasteiger partial charge in [-0.25, -0.2) is 0 Å². The highest BCUT2D eigenvalue weighted by Crippen LogP contribution is 2.10. The summed E-state index contributed by atoms with van der Waals surface area (Å²) in [5, 5.41) is 12.6. The summed E-state index contributed by atoms with van der Waals surface area (Å²) < 4.78 is 1.63. The molecule has 0 saturated carbocycles. The standard InChI is InChI=1S/C10H15N3O3/c1-4-8-7(5-11-13(8)3)10(16)12(2)6-9(14)15/h5H,4,6H2,1-3H3,(H,14,15). The average molecular weight is 225 g/mol. The van der Waals surface area contributed by atoms with Gasteiger partial charge in [0.1, 0.15) is 6.54 Å². The van der Waals surface area contributed by atoms with Crippen molar-refractivity contribution in [1.29, 1.82) is 0 Å². The molecule has 88 valence electrons. The normalized spacial score (nSPS) is 10.2. The smallest absolute Gasteiger partial charge is 0.323 e. The average Bonchev–Trinajstić information content (AvgIpc) is 2.57. The molecule has 6 heteroatoms. The van der Waals surface area contributed by atoms with Crippen LogP contribution in [0.2, 0.25) is 0 Å². The summed E-state index contributed by atoms with van der Waals surface area (Å²) in [4.78, 5) is 23.5. The molecule has 6 nitrogen and oxygen atoms in total. The molecule has 0 bridgehead atoms. The number of hydrogen-bond donors (Lipinski definition) is 1. The van der Waals surface area contributed by atoms with Crippen LogP contribution in [-0.2, 0) is 18.3 Å². The highest BCUT2D eigenvalue weighted by Gasteiger charge is 2.19. The van der Waals surface area contributed by atoms with Crippen LogP contribution in [0.5, 0.6) is 0 Å². The second kappa shape index (κ2) is 4.78. The second-order valence-electron chi connectivity index (χ2n) is 3.54. The maximum absolute atomic E-state index is 11.9. The molecule has 1 amide bonds. The van der Waals surface area contributed by atoms with Gasteiger partial charge < -0.3 is 10.0 Å². The first kappa shape index (κ1) is 12.2. The van der Waals surface area contributed by atoms with E-state index in [0.29, 0.717) is 12.0 Å². The van der Waals surface area contributed by atoms with Gasteiger partial charge in [0.25, 0.3) is 5.91 Å². The van der Waals surface area contributed by atoms with Gasteiger partial charge in [-0.2, -0.15) is 5.10 Å². The molecule has 0 aliphatic heterocycles. The Labute approximate surface area is 93.5 Å². The zero-order valence-electron chi connectivity index (χ0n) is 9.60. The monoisotopic (exact) mass is 225 g/mol. The van der Waals surface area contributed by atoms with E-state index >= 15 is 0 Å². The fraction of sp³-hybridized carbons (Fsp3) is 0.500. The van der Waals surface area contributed by atoms with E-state index in [9.17, 15) is 9.59 Å². The molecule has 0 fully saturated rings. The second-order valence-corrected chi connectivity index (χ2v) is 3.54. The molecular weight excluding hydrogens is 210 g/mol. The summed E-state index contributed by atoms with van der Waals surface area (Å²) in [5.74, 6) is -1.34. The number of likely N-dealkylation sites (N-methyl/N-ethyl adjacent to an activating group) is 1. The Balaban J connectivity index is 2.91. The van der Waals surface area contributed by atoms with Crippen LogP contribution in [0.3, 0.4) is 0 Å². The molecule has 1 heterocycles. The number of carbonyl (C=O) groups is 2. The molecule has 1 aromatic heterocycles. The Kier molecular flexibility index (Phi) is 3.65. The summed E-state index contributed by atoms with van der Waals surface area (Å²) in [6, 6.07) is 0. The summed E-state index contributed by atoms with van der Waals surface area (Å²) in [5.41, 5.74) is 1.27. The number of aryl methyl sites for hydroxylation is 1. The van der Waals surface area contributed by atoms with Crippen molar-refractivity contribution in [2.45, 2.75) is 13.3 Å². The molecule has 1 rings (SSSR count). The van der Waals surface area contributed by atoms with E-state index in [1.807, 2.05) is 6.92 Å². The first-order valence-electron chi connectivity index (χ1n) is 4.95. The predicted octanol–water partition coefficient (Wildman–Crippen LogP) is 0.139. The van der Waals surface area contributed by atoms with Crippen molar-refractivity contribution in [3.63, 3.8) is 0 Å². The number of aromatic nitrogens is 2. The third-order valence-corrected chi connectivity index (χ3v) is 2.35. The Bertz CT molecular complexity index is 411. The largest absolute Gasteiger partial charge is 0.480 e. The van der Waals surface area contributed by atoms with Crippen molar-refractivity contribution in [2.75, 3.05) is 13.6 Å². The van der Waals surface area contributed by atoms with Crippen LogP contribution in [0, 0.1) is 0 Å². The minimum Gasteiger partial charge on any atom is -0.480 e. The van der Waals surface area contributed by atoms with Crippen LogP contribution in [-0.4, -0.2) is 45.3 Å². The van der Waals surface area contributed by atoms with Gasteiger partial charge in [-0.1, -0.05) is 6.92 Å². The van der Waals surface area contributed by atoms with Crippen LogP contribution in [0.1, 0.15) is 23.0 Å². The van der Waals surface area contributed by atoms with Gasteiger partial charge in [-0.05, 0) is 6.42 Å². The molecule has 16 heavy (non-hydrogen) atoms. The maximum Gasteiger partial charge on any atom is 0.323 e. The maximum atomic E-state index is 11.9. The molecule has 1 N–H and O–H groups in total. The molecular formula is C10H15N3O3. The van der Waals surface area contributed by atoms with Crippen molar-refractivity contribution in [3.8, 4) is 0 Å². The molecule has 0 saturated heterocycles. The first-order valence-corrected chi connectivity index (χ1v) is 4.95. The molecule has 0 atom stereocenters. The summed E-state index contributed by atoms with van der Waals surface area (Å²) in [7, 11) is 3.22. The fourth-order valence-corrected chi connectivity index (χ4v) is 1.54. The highest BCUT2D eigenvalue weighted by molar-refractivity contribution is 5.96. The summed E-state index contributed by atoms with van der Waals surface area (Å²) in [6.07, 6.45) is 2.15. The quantitative estimate of drug-likeness (QED) is 0.790. The number of carbonyl (C=O) groups excluding carboxylic acids is 1. The number of carboxylic acids is 1.